The van der Waals surface area contributed by atoms with Gasteiger partial charge in [0.2, 0.25) is 0 Å². The van der Waals surface area contributed by atoms with Gasteiger partial charge in [0.25, 0.3) is 5.56 Å². The summed E-state index contributed by atoms with van der Waals surface area (Å²) in [6.07, 6.45) is 0.714. The van der Waals surface area contributed by atoms with Crippen molar-refractivity contribution in [2.24, 2.45) is 0 Å². The molecule has 0 aliphatic carbocycles. The van der Waals surface area contributed by atoms with E-state index in [1.54, 1.807) is 7.11 Å². The summed E-state index contributed by atoms with van der Waals surface area (Å²) in [7, 11) is 1.65. The van der Waals surface area contributed by atoms with Crippen LogP contribution in [-0.2, 0) is 19.5 Å². The summed E-state index contributed by atoms with van der Waals surface area (Å²) in [5.41, 5.74) is 2.77. The van der Waals surface area contributed by atoms with E-state index >= 15 is 0 Å². The molecule has 1 aromatic carbocycles. The molecule has 0 unspecified atom stereocenters. The molecule has 2 aromatic rings. The summed E-state index contributed by atoms with van der Waals surface area (Å²) in [5, 5.41) is 0. The van der Waals surface area contributed by atoms with E-state index in [1.165, 1.54) is 0 Å². The van der Waals surface area contributed by atoms with Crippen LogP contribution in [0.15, 0.2) is 23.0 Å². The fourth-order valence-corrected chi connectivity index (χ4v) is 3.15. The molecule has 0 atom stereocenters. The zero-order chi connectivity index (χ0) is 17.1. The molecule has 0 amide bonds. The fourth-order valence-electron chi connectivity index (χ4n) is 3.15. The van der Waals surface area contributed by atoms with Gasteiger partial charge in [0.05, 0.1) is 19.4 Å². The number of benzene rings is 1. The zero-order valence-electron chi connectivity index (χ0n) is 14.4. The van der Waals surface area contributed by atoms with E-state index in [-0.39, 0.29) is 5.56 Å². The number of hydrogen-bond acceptors (Lipinski definition) is 5. The number of nitrogens with zero attached hydrogens (tertiary/aromatic N) is 2. The van der Waals surface area contributed by atoms with Gasteiger partial charge < -0.3 is 14.5 Å². The average Bonchev–Trinajstić information content (AvgIpc) is 2.56. The van der Waals surface area contributed by atoms with Crippen LogP contribution in [-0.4, -0.2) is 35.1 Å². The van der Waals surface area contributed by atoms with Crippen molar-refractivity contribution < 1.29 is 9.47 Å². The van der Waals surface area contributed by atoms with Crippen molar-refractivity contribution in [1.82, 2.24) is 14.9 Å². The monoisotopic (exact) mass is 329 g/mol. The van der Waals surface area contributed by atoms with Gasteiger partial charge in [-0.2, -0.15) is 0 Å². The highest BCUT2D eigenvalue weighted by molar-refractivity contribution is 5.46. The average molecular weight is 329 g/mol. The molecule has 0 saturated heterocycles. The van der Waals surface area contributed by atoms with Gasteiger partial charge in [0, 0.05) is 30.8 Å². The van der Waals surface area contributed by atoms with Gasteiger partial charge >= 0.3 is 0 Å². The number of nitrogens with one attached hydrogen (secondary N) is 1. The second-order valence-corrected chi connectivity index (χ2v) is 5.92. The molecule has 6 nitrogen and oxygen atoms in total. The SMILES string of the molecule is CCOc1c(CN2CCc3c(nc(C)[nH]c3=O)C2)cccc1OC. The Bertz CT molecular complexity index is 786. The molecule has 0 saturated carbocycles. The topological polar surface area (TPSA) is 67.5 Å². The molecule has 0 fully saturated rings. The van der Waals surface area contributed by atoms with Gasteiger partial charge in [-0.1, -0.05) is 12.1 Å². The largest absolute Gasteiger partial charge is 0.493 e. The van der Waals surface area contributed by atoms with Crippen molar-refractivity contribution in [3.63, 3.8) is 0 Å². The van der Waals surface area contributed by atoms with Gasteiger partial charge in [-0.3, -0.25) is 9.69 Å². The predicted molar refractivity (Wildman–Crippen MR) is 91.6 cm³/mol. The Hall–Kier alpha value is -2.34. The van der Waals surface area contributed by atoms with Crippen LogP contribution < -0.4 is 15.0 Å². The van der Waals surface area contributed by atoms with E-state index in [4.69, 9.17) is 9.47 Å². The molecule has 0 spiro atoms. The quantitative estimate of drug-likeness (QED) is 0.909. The Kier molecular flexibility index (Phi) is 4.85. The number of para-hydroxylation sites is 1. The minimum Gasteiger partial charge on any atom is -0.493 e. The Balaban J connectivity index is 1.84. The van der Waals surface area contributed by atoms with Gasteiger partial charge in [0.15, 0.2) is 11.5 Å². The second kappa shape index (κ2) is 7.05. The smallest absolute Gasteiger partial charge is 0.254 e. The molecular weight excluding hydrogens is 306 g/mol. The van der Waals surface area contributed by atoms with E-state index in [0.717, 1.165) is 41.4 Å². The lowest BCUT2D eigenvalue weighted by Gasteiger charge is -2.28. The molecule has 24 heavy (non-hydrogen) atoms. The molecule has 0 radical (unpaired) electrons. The normalized spacial score (nSPS) is 14.3. The predicted octanol–water partition coefficient (Wildman–Crippen LogP) is 2.04. The first-order chi connectivity index (χ1) is 11.6. The molecular formula is C18H23N3O3. The van der Waals surface area contributed by atoms with Crippen LogP contribution in [0.3, 0.4) is 0 Å². The number of methoxy groups -OCH3 is 1. The number of H-pyrrole nitrogens is 1. The van der Waals surface area contributed by atoms with Crippen LogP contribution in [0.2, 0.25) is 0 Å². The standard InChI is InChI=1S/C18H23N3O3/c1-4-24-17-13(6-5-7-16(17)23-3)10-21-9-8-14-15(11-21)19-12(2)20-18(14)22/h5-7H,4,8-11H2,1-3H3,(H,19,20,22). The fraction of sp³-hybridized carbons (Fsp3) is 0.444. The van der Waals surface area contributed by atoms with Gasteiger partial charge in [-0.15, -0.1) is 0 Å². The van der Waals surface area contributed by atoms with Crippen molar-refractivity contribution in [2.75, 3.05) is 20.3 Å². The van der Waals surface area contributed by atoms with Gasteiger partial charge in [0.1, 0.15) is 5.82 Å². The second-order valence-electron chi connectivity index (χ2n) is 5.92. The van der Waals surface area contributed by atoms with Crippen LogP contribution in [0.25, 0.3) is 0 Å². The Morgan fingerprint density at radius 1 is 1.38 bits per heavy atom. The van der Waals surface area contributed by atoms with Crippen molar-refractivity contribution in [2.45, 2.75) is 33.4 Å². The van der Waals surface area contributed by atoms with Crippen LogP contribution in [0.5, 0.6) is 11.5 Å². The van der Waals surface area contributed by atoms with Crippen LogP contribution in [0, 0.1) is 6.92 Å². The maximum Gasteiger partial charge on any atom is 0.254 e. The van der Waals surface area contributed by atoms with Gasteiger partial charge in [-0.05, 0) is 26.3 Å². The van der Waals surface area contributed by atoms with Crippen molar-refractivity contribution >= 4 is 0 Å². The minimum absolute atomic E-state index is 0.00599. The molecule has 3 rings (SSSR count). The van der Waals surface area contributed by atoms with Crippen molar-refractivity contribution in [3.8, 4) is 11.5 Å². The number of aromatic amines is 1. The maximum atomic E-state index is 12.0. The third-order valence-electron chi connectivity index (χ3n) is 4.23. The highest BCUT2D eigenvalue weighted by atomic mass is 16.5. The summed E-state index contributed by atoms with van der Waals surface area (Å²) in [6, 6.07) is 5.94. The summed E-state index contributed by atoms with van der Waals surface area (Å²) >= 11 is 0. The first-order valence-electron chi connectivity index (χ1n) is 8.22. The van der Waals surface area contributed by atoms with Crippen LogP contribution in [0.1, 0.15) is 29.6 Å². The summed E-state index contributed by atoms with van der Waals surface area (Å²) in [6.45, 7) is 6.60. The Labute approximate surface area is 141 Å². The number of aromatic nitrogens is 2. The molecule has 0 bridgehead atoms. The maximum absolute atomic E-state index is 12.0. The third kappa shape index (κ3) is 3.28. The first kappa shape index (κ1) is 16.5. The lowest BCUT2D eigenvalue weighted by molar-refractivity contribution is 0.232. The van der Waals surface area contributed by atoms with E-state index in [1.807, 2.05) is 26.0 Å². The number of rotatable bonds is 5. The van der Waals surface area contributed by atoms with E-state index in [0.29, 0.717) is 25.4 Å². The molecule has 6 heteroatoms. The summed E-state index contributed by atoms with van der Waals surface area (Å²) in [4.78, 5) is 21.6. The molecule has 1 N–H and O–H groups in total. The molecule has 128 valence electrons. The third-order valence-corrected chi connectivity index (χ3v) is 4.23. The highest BCUT2D eigenvalue weighted by Crippen LogP contribution is 2.32. The van der Waals surface area contributed by atoms with E-state index in [9.17, 15) is 4.79 Å². The summed E-state index contributed by atoms with van der Waals surface area (Å²) < 4.78 is 11.2. The molecule has 2 heterocycles. The number of aryl methyl sites for hydroxylation is 1. The molecule has 1 aliphatic heterocycles. The zero-order valence-corrected chi connectivity index (χ0v) is 14.4. The Morgan fingerprint density at radius 2 is 2.21 bits per heavy atom. The van der Waals surface area contributed by atoms with E-state index in [2.05, 4.69) is 20.9 Å². The number of hydrogen-bond donors (Lipinski definition) is 1. The molecule has 1 aliphatic rings. The summed E-state index contributed by atoms with van der Waals surface area (Å²) in [5.74, 6) is 2.21. The first-order valence-corrected chi connectivity index (χ1v) is 8.22. The Morgan fingerprint density at radius 3 is 2.96 bits per heavy atom. The van der Waals surface area contributed by atoms with Crippen LogP contribution in [0.4, 0.5) is 0 Å². The number of ether oxygens (including phenoxy) is 2. The lowest BCUT2D eigenvalue weighted by Crippen LogP contribution is -2.35. The van der Waals surface area contributed by atoms with Crippen LogP contribution >= 0.6 is 0 Å². The molecule has 1 aromatic heterocycles. The van der Waals surface area contributed by atoms with Gasteiger partial charge in [-0.25, -0.2) is 4.98 Å². The van der Waals surface area contributed by atoms with Crippen molar-refractivity contribution in [3.05, 3.63) is 51.2 Å². The number of fused-ring (bicyclic) bond motifs is 1. The van der Waals surface area contributed by atoms with Crippen molar-refractivity contribution in [1.29, 1.82) is 0 Å². The minimum atomic E-state index is -0.00599. The lowest BCUT2D eigenvalue weighted by atomic mass is 10.1. The van der Waals surface area contributed by atoms with E-state index < -0.39 is 0 Å². The highest BCUT2D eigenvalue weighted by Gasteiger charge is 2.22.